The van der Waals surface area contributed by atoms with Crippen molar-refractivity contribution < 1.29 is 31.5 Å². The molecule has 0 saturated carbocycles. The third kappa shape index (κ3) is 6.64. The Kier molecular flexibility index (Phi) is 8.31. The number of aromatic hydroxyl groups is 1. The number of hydrogen-bond acceptors (Lipinski definition) is 9. The molecule has 0 unspecified atom stereocenters. The Labute approximate surface area is 259 Å². The van der Waals surface area contributed by atoms with Gasteiger partial charge >= 0.3 is 0 Å². The minimum atomic E-state index is -3.81. The second-order valence-electron chi connectivity index (χ2n) is 9.83. The summed E-state index contributed by atoms with van der Waals surface area (Å²) < 4.78 is 51.5. The van der Waals surface area contributed by atoms with Crippen LogP contribution in [0.3, 0.4) is 0 Å². The van der Waals surface area contributed by atoms with Gasteiger partial charge in [-0.05, 0) is 115 Å². The molecule has 0 aliphatic rings. The number of nitrogens with one attached hydrogen (secondary N) is 2. The number of phenolic OH excluding ortho intramolecular Hbond substituents is 1. The number of carbonyl (C=O) groups excluding carboxylic acids is 2. The van der Waals surface area contributed by atoms with Gasteiger partial charge in [0.1, 0.15) is 5.75 Å². The quantitative estimate of drug-likeness (QED) is 0.149. The lowest BCUT2D eigenvalue weighted by Gasteiger charge is -2.11. The van der Waals surface area contributed by atoms with Crippen molar-refractivity contribution in [3.05, 3.63) is 126 Å². The predicted octanol–water partition coefficient (Wildman–Crippen LogP) is 4.73. The van der Waals surface area contributed by atoms with Gasteiger partial charge < -0.3 is 27.2 Å². The van der Waals surface area contributed by atoms with Gasteiger partial charge in [0.15, 0.2) is 0 Å². The van der Waals surface area contributed by atoms with E-state index in [0.717, 1.165) is 0 Å². The van der Waals surface area contributed by atoms with Crippen molar-refractivity contribution in [3.8, 4) is 5.75 Å². The van der Waals surface area contributed by atoms with Crippen LogP contribution >= 0.6 is 0 Å². The summed E-state index contributed by atoms with van der Waals surface area (Å²) in [6, 6.07) is 26.2. The molecule has 0 fully saturated rings. The van der Waals surface area contributed by atoms with Gasteiger partial charge in [-0.2, -0.15) is 0 Å². The molecule has 0 aliphatic heterocycles. The standard InChI is InChI=1S/C32H26N4O7S2/c33-21-2-10-25(11-3-21)44(40,41)27-14-6-23(7-15-27)35-31(38)20-1-18-30(37)29(19-20)32(39)36-24-8-16-28(17-9-24)45(42,43)26-12-4-22(34)5-13-26/h1-19,37H,33-34H2,(H,35,38)(H,36,39). The number of nitrogen functional groups attached to an aromatic ring is 2. The van der Waals surface area contributed by atoms with Crippen LogP contribution in [0.4, 0.5) is 22.7 Å². The van der Waals surface area contributed by atoms with E-state index >= 15 is 0 Å². The highest BCUT2D eigenvalue weighted by atomic mass is 32.2. The molecule has 45 heavy (non-hydrogen) atoms. The molecule has 0 heterocycles. The van der Waals surface area contributed by atoms with Crippen molar-refractivity contribution in [3.63, 3.8) is 0 Å². The van der Waals surface area contributed by atoms with Gasteiger partial charge in [0.25, 0.3) is 11.8 Å². The summed E-state index contributed by atoms with van der Waals surface area (Å²) in [6.07, 6.45) is 0. The van der Waals surface area contributed by atoms with Gasteiger partial charge in [0.05, 0.1) is 25.1 Å². The van der Waals surface area contributed by atoms with Crippen LogP contribution in [0, 0.1) is 0 Å². The molecule has 2 amide bonds. The number of amides is 2. The normalized spacial score (nSPS) is 11.5. The summed E-state index contributed by atoms with van der Waals surface area (Å²) in [6.45, 7) is 0. The highest BCUT2D eigenvalue weighted by Crippen LogP contribution is 2.26. The molecule has 0 radical (unpaired) electrons. The number of sulfone groups is 2. The number of phenols is 1. The zero-order valence-electron chi connectivity index (χ0n) is 23.3. The highest BCUT2D eigenvalue weighted by Gasteiger charge is 2.20. The first-order chi connectivity index (χ1) is 21.3. The maximum Gasteiger partial charge on any atom is 0.259 e. The van der Waals surface area contributed by atoms with E-state index in [4.69, 9.17) is 11.5 Å². The number of carbonyl (C=O) groups is 2. The first-order valence-corrected chi connectivity index (χ1v) is 16.2. The van der Waals surface area contributed by atoms with Crippen molar-refractivity contribution >= 4 is 54.2 Å². The number of hydrogen-bond donors (Lipinski definition) is 5. The van der Waals surface area contributed by atoms with Crippen LogP contribution in [-0.4, -0.2) is 33.8 Å². The molecule has 5 rings (SSSR count). The zero-order valence-corrected chi connectivity index (χ0v) is 25.0. The van der Waals surface area contributed by atoms with E-state index in [0.29, 0.717) is 17.1 Å². The lowest BCUT2D eigenvalue weighted by atomic mass is 10.1. The van der Waals surface area contributed by atoms with Gasteiger partial charge in [-0.25, -0.2) is 16.8 Å². The monoisotopic (exact) mass is 642 g/mol. The summed E-state index contributed by atoms with van der Waals surface area (Å²) in [4.78, 5) is 26.1. The van der Waals surface area contributed by atoms with E-state index in [-0.39, 0.29) is 42.1 Å². The average Bonchev–Trinajstić information content (AvgIpc) is 3.02. The summed E-state index contributed by atoms with van der Waals surface area (Å²) in [5.74, 6) is -1.74. The van der Waals surface area contributed by atoms with Crippen LogP contribution in [0.25, 0.3) is 0 Å². The third-order valence-electron chi connectivity index (χ3n) is 6.73. The van der Waals surface area contributed by atoms with E-state index < -0.39 is 31.5 Å². The van der Waals surface area contributed by atoms with Crippen LogP contribution < -0.4 is 22.1 Å². The van der Waals surface area contributed by atoms with Gasteiger partial charge in [-0.15, -0.1) is 0 Å². The Hall–Kier alpha value is -5.66. The SMILES string of the molecule is Nc1ccc(S(=O)(=O)c2ccc(NC(=O)c3ccc(O)c(C(=O)Nc4ccc(S(=O)(=O)c5ccc(N)cc5)cc4)c3)cc2)cc1. The first kappa shape index (κ1) is 30.8. The van der Waals surface area contributed by atoms with E-state index in [9.17, 15) is 31.5 Å². The summed E-state index contributed by atoms with van der Waals surface area (Å²) in [5.41, 5.74) is 12.5. The van der Waals surface area contributed by atoms with E-state index in [1.807, 2.05) is 0 Å². The fraction of sp³-hybridized carbons (Fsp3) is 0. The maximum atomic E-state index is 13.0. The second-order valence-corrected chi connectivity index (χ2v) is 13.7. The number of anilines is 4. The van der Waals surface area contributed by atoms with Crippen LogP contribution in [0.1, 0.15) is 20.7 Å². The molecular weight excluding hydrogens is 617 g/mol. The molecule has 0 saturated heterocycles. The smallest absolute Gasteiger partial charge is 0.259 e. The molecule has 0 aliphatic carbocycles. The van der Waals surface area contributed by atoms with Gasteiger partial charge in [0, 0.05) is 28.3 Å². The fourth-order valence-corrected chi connectivity index (χ4v) is 6.78. The molecule has 228 valence electrons. The summed E-state index contributed by atoms with van der Waals surface area (Å²) >= 11 is 0. The average molecular weight is 643 g/mol. The van der Waals surface area contributed by atoms with E-state index in [1.165, 1.54) is 115 Å². The van der Waals surface area contributed by atoms with Gasteiger partial charge in [-0.3, -0.25) is 9.59 Å². The van der Waals surface area contributed by atoms with Crippen LogP contribution in [0.15, 0.2) is 135 Å². The zero-order chi connectivity index (χ0) is 32.4. The molecule has 13 heteroatoms. The largest absolute Gasteiger partial charge is 0.507 e. The Balaban J connectivity index is 1.27. The van der Waals surface area contributed by atoms with Crippen molar-refractivity contribution in [2.75, 3.05) is 22.1 Å². The molecule has 0 spiro atoms. The van der Waals surface area contributed by atoms with Crippen molar-refractivity contribution in [2.24, 2.45) is 0 Å². The minimum Gasteiger partial charge on any atom is -0.507 e. The lowest BCUT2D eigenvalue weighted by molar-refractivity contribution is 0.102. The molecule has 0 atom stereocenters. The van der Waals surface area contributed by atoms with E-state index in [1.54, 1.807) is 0 Å². The van der Waals surface area contributed by atoms with Crippen molar-refractivity contribution in [1.29, 1.82) is 0 Å². The summed E-state index contributed by atoms with van der Waals surface area (Å²) in [7, 11) is -7.61. The molecule has 5 aromatic carbocycles. The van der Waals surface area contributed by atoms with Crippen molar-refractivity contribution in [2.45, 2.75) is 19.6 Å². The minimum absolute atomic E-state index is 0.00247. The molecule has 5 aromatic rings. The van der Waals surface area contributed by atoms with Gasteiger partial charge in [-0.1, -0.05) is 0 Å². The van der Waals surface area contributed by atoms with Gasteiger partial charge in [0.2, 0.25) is 19.7 Å². The molecule has 11 nitrogen and oxygen atoms in total. The topological polar surface area (TPSA) is 199 Å². The summed E-state index contributed by atoms with van der Waals surface area (Å²) in [5, 5.41) is 15.5. The Morgan fingerprint density at radius 1 is 0.511 bits per heavy atom. The van der Waals surface area contributed by atoms with Crippen molar-refractivity contribution in [1.82, 2.24) is 0 Å². The first-order valence-electron chi connectivity index (χ1n) is 13.2. The molecule has 0 aromatic heterocycles. The fourth-order valence-electron chi connectivity index (χ4n) is 4.26. The number of benzene rings is 5. The van der Waals surface area contributed by atoms with E-state index in [2.05, 4.69) is 10.6 Å². The third-order valence-corrected chi connectivity index (χ3v) is 10.3. The Morgan fingerprint density at radius 2 is 0.867 bits per heavy atom. The Morgan fingerprint density at radius 3 is 1.27 bits per heavy atom. The predicted molar refractivity (Wildman–Crippen MR) is 170 cm³/mol. The maximum absolute atomic E-state index is 13.0. The Bertz CT molecular complexity index is 2110. The molecule has 0 bridgehead atoms. The lowest BCUT2D eigenvalue weighted by Crippen LogP contribution is -2.16. The number of nitrogens with two attached hydrogens (primary N) is 2. The van der Waals surface area contributed by atoms with Crippen LogP contribution in [-0.2, 0) is 19.7 Å². The van der Waals surface area contributed by atoms with Crippen LogP contribution in [0.2, 0.25) is 0 Å². The molecular formula is C32H26N4O7S2. The highest BCUT2D eigenvalue weighted by molar-refractivity contribution is 7.91. The number of rotatable bonds is 8. The molecule has 7 N–H and O–H groups in total. The second kappa shape index (κ2) is 12.1. The van der Waals surface area contributed by atoms with Crippen LogP contribution in [0.5, 0.6) is 5.75 Å².